The molecule has 2 N–H and O–H groups in total. The lowest BCUT2D eigenvalue weighted by Gasteiger charge is -2.47. The molecule has 0 aromatic heterocycles. The second-order valence-corrected chi connectivity index (χ2v) is 11.0. The van der Waals surface area contributed by atoms with Crippen molar-refractivity contribution in [2.45, 2.75) is 125 Å². The molecule has 1 aliphatic rings. The monoisotopic (exact) mass is 422 g/mol. The van der Waals surface area contributed by atoms with Gasteiger partial charge in [0.2, 0.25) is 11.8 Å². The topological polar surface area (TPSA) is 58.2 Å². The third kappa shape index (κ3) is 8.98. The summed E-state index contributed by atoms with van der Waals surface area (Å²) in [7, 11) is 0. The van der Waals surface area contributed by atoms with Gasteiger partial charge in [-0.2, -0.15) is 0 Å². The molecule has 1 fully saturated rings. The first-order valence-electron chi connectivity index (χ1n) is 12.7. The van der Waals surface area contributed by atoms with E-state index in [4.69, 9.17) is 0 Å². The second kappa shape index (κ2) is 12.7. The minimum absolute atomic E-state index is 0.0174. The SMILES string of the molecule is CCCCC(CC)C(=O)NCC1(C)CC(NC(=O)C(CC)CCCC)CC(C)(C)C1. The zero-order valence-electron chi connectivity index (χ0n) is 21.0. The molecule has 1 aliphatic carbocycles. The molecule has 0 aliphatic heterocycles. The fourth-order valence-electron chi connectivity index (χ4n) is 5.58. The molecule has 0 heterocycles. The fraction of sp³-hybridized carbons (Fsp3) is 0.923. The van der Waals surface area contributed by atoms with Crippen LogP contribution in [0.15, 0.2) is 0 Å². The van der Waals surface area contributed by atoms with Gasteiger partial charge in [0.15, 0.2) is 0 Å². The van der Waals surface area contributed by atoms with Crippen LogP contribution in [0.2, 0.25) is 0 Å². The van der Waals surface area contributed by atoms with Gasteiger partial charge < -0.3 is 10.6 Å². The largest absolute Gasteiger partial charge is 0.355 e. The van der Waals surface area contributed by atoms with Gasteiger partial charge in [0, 0.05) is 24.4 Å². The van der Waals surface area contributed by atoms with Gasteiger partial charge in [0.05, 0.1) is 0 Å². The van der Waals surface area contributed by atoms with Gasteiger partial charge in [-0.25, -0.2) is 0 Å². The molecule has 176 valence electrons. The van der Waals surface area contributed by atoms with E-state index in [1.54, 1.807) is 0 Å². The van der Waals surface area contributed by atoms with Crippen molar-refractivity contribution in [3.63, 3.8) is 0 Å². The Balaban J connectivity index is 2.73. The number of rotatable bonds is 13. The Morgan fingerprint density at radius 1 is 0.867 bits per heavy atom. The zero-order chi connectivity index (χ0) is 22.8. The molecular formula is C26H50N2O2. The summed E-state index contributed by atoms with van der Waals surface area (Å²) in [6, 6.07) is 0.195. The number of carbonyl (C=O) groups excluding carboxylic acids is 2. The summed E-state index contributed by atoms with van der Waals surface area (Å²) in [5, 5.41) is 6.66. The van der Waals surface area contributed by atoms with Crippen molar-refractivity contribution >= 4 is 11.8 Å². The quantitative estimate of drug-likeness (QED) is 0.369. The molecule has 4 unspecified atom stereocenters. The van der Waals surface area contributed by atoms with Crippen LogP contribution in [0.25, 0.3) is 0 Å². The van der Waals surface area contributed by atoms with Crippen LogP contribution in [0, 0.1) is 22.7 Å². The van der Waals surface area contributed by atoms with Crippen LogP contribution >= 0.6 is 0 Å². The summed E-state index contributed by atoms with van der Waals surface area (Å²) in [4.78, 5) is 25.6. The fourth-order valence-corrected chi connectivity index (χ4v) is 5.58. The molecule has 4 heteroatoms. The minimum Gasteiger partial charge on any atom is -0.355 e. The average molecular weight is 423 g/mol. The first-order valence-corrected chi connectivity index (χ1v) is 12.7. The highest BCUT2D eigenvalue weighted by molar-refractivity contribution is 5.79. The highest BCUT2D eigenvalue weighted by atomic mass is 16.2. The van der Waals surface area contributed by atoms with Gasteiger partial charge in [-0.05, 0) is 55.8 Å². The summed E-state index contributed by atoms with van der Waals surface area (Å²) in [5.41, 5.74) is 0.177. The van der Waals surface area contributed by atoms with Crippen LogP contribution in [-0.2, 0) is 9.59 Å². The zero-order valence-corrected chi connectivity index (χ0v) is 21.0. The van der Waals surface area contributed by atoms with Crippen molar-refractivity contribution in [1.82, 2.24) is 10.6 Å². The highest BCUT2D eigenvalue weighted by Crippen LogP contribution is 2.46. The van der Waals surface area contributed by atoms with E-state index in [9.17, 15) is 9.59 Å². The van der Waals surface area contributed by atoms with E-state index >= 15 is 0 Å². The summed E-state index contributed by atoms with van der Waals surface area (Å²) >= 11 is 0. The maximum absolute atomic E-state index is 12.9. The molecular weight excluding hydrogens is 372 g/mol. The highest BCUT2D eigenvalue weighted by Gasteiger charge is 2.42. The number of carbonyl (C=O) groups is 2. The molecule has 0 bridgehead atoms. The maximum Gasteiger partial charge on any atom is 0.223 e. The lowest BCUT2D eigenvalue weighted by Crippen LogP contribution is -2.51. The van der Waals surface area contributed by atoms with Crippen LogP contribution in [0.5, 0.6) is 0 Å². The van der Waals surface area contributed by atoms with Gasteiger partial charge in [0.1, 0.15) is 0 Å². The molecule has 0 radical (unpaired) electrons. The molecule has 0 aromatic carbocycles. The van der Waals surface area contributed by atoms with Crippen molar-refractivity contribution < 1.29 is 9.59 Å². The maximum atomic E-state index is 12.9. The molecule has 4 atom stereocenters. The van der Waals surface area contributed by atoms with E-state index in [-0.39, 0.29) is 40.5 Å². The minimum atomic E-state index is 0.0174. The number of hydrogen-bond acceptors (Lipinski definition) is 2. The van der Waals surface area contributed by atoms with Crippen molar-refractivity contribution in [3.8, 4) is 0 Å². The second-order valence-electron chi connectivity index (χ2n) is 11.0. The van der Waals surface area contributed by atoms with Crippen LogP contribution in [0.3, 0.4) is 0 Å². The van der Waals surface area contributed by atoms with Crippen LogP contribution < -0.4 is 10.6 Å². The predicted molar refractivity (Wildman–Crippen MR) is 127 cm³/mol. The first-order chi connectivity index (χ1) is 14.1. The molecule has 1 saturated carbocycles. The molecule has 30 heavy (non-hydrogen) atoms. The number of unbranched alkanes of at least 4 members (excludes halogenated alkanes) is 2. The molecule has 0 spiro atoms. The molecule has 0 saturated heterocycles. The third-order valence-corrected chi connectivity index (χ3v) is 7.02. The summed E-state index contributed by atoms with van der Waals surface area (Å²) < 4.78 is 0. The van der Waals surface area contributed by atoms with E-state index < -0.39 is 0 Å². The van der Waals surface area contributed by atoms with Crippen LogP contribution in [0.1, 0.15) is 119 Å². The van der Waals surface area contributed by atoms with E-state index in [1.165, 1.54) is 0 Å². The van der Waals surface area contributed by atoms with Gasteiger partial charge in [-0.1, -0.05) is 74.1 Å². The standard InChI is InChI=1S/C26H50N2O2/c1-8-12-14-20(10-3)23(29)27-19-26(7)17-22(16-25(5,6)18-26)28-24(30)21(11-4)15-13-9-2/h20-22H,8-19H2,1-7H3,(H,27,29)(H,28,30). The van der Waals surface area contributed by atoms with Gasteiger partial charge >= 0.3 is 0 Å². The average Bonchev–Trinajstić information content (AvgIpc) is 2.66. The van der Waals surface area contributed by atoms with Gasteiger partial charge in [0.25, 0.3) is 0 Å². The van der Waals surface area contributed by atoms with E-state index in [1.807, 2.05) is 0 Å². The Morgan fingerprint density at radius 3 is 1.90 bits per heavy atom. The van der Waals surface area contributed by atoms with E-state index in [0.29, 0.717) is 6.54 Å². The molecule has 1 rings (SSSR count). The Bertz CT molecular complexity index is 531. The number of nitrogens with one attached hydrogen (secondary N) is 2. The Morgan fingerprint density at radius 2 is 1.40 bits per heavy atom. The molecule has 2 amide bonds. The first kappa shape index (κ1) is 27.0. The van der Waals surface area contributed by atoms with Crippen molar-refractivity contribution in [1.29, 1.82) is 0 Å². The van der Waals surface area contributed by atoms with Gasteiger partial charge in [-0.15, -0.1) is 0 Å². The third-order valence-electron chi connectivity index (χ3n) is 7.02. The van der Waals surface area contributed by atoms with Crippen molar-refractivity contribution in [2.24, 2.45) is 22.7 Å². The number of hydrogen-bond donors (Lipinski definition) is 2. The van der Waals surface area contributed by atoms with E-state index in [2.05, 4.69) is 59.1 Å². The predicted octanol–water partition coefficient (Wildman–Crippen LogP) is 6.24. The van der Waals surface area contributed by atoms with E-state index in [0.717, 1.165) is 70.6 Å². The summed E-state index contributed by atoms with van der Waals surface area (Å²) in [6.07, 6.45) is 11.3. The number of amides is 2. The summed E-state index contributed by atoms with van der Waals surface area (Å²) in [6.45, 7) is 16.2. The lowest BCUT2D eigenvalue weighted by molar-refractivity contribution is -0.128. The summed E-state index contributed by atoms with van der Waals surface area (Å²) in [5.74, 6) is 0.696. The van der Waals surface area contributed by atoms with Crippen molar-refractivity contribution in [2.75, 3.05) is 6.54 Å². The Kier molecular flexibility index (Phi) is 11.4. The molecule has 0 aromatic rings. The smallest absolute Gasteiger partial charge is 0.223 e. The van der Waals surface area contributed by atoms with Crippen molar-refractivity contribution in [3.05, 3.63) is 0 Å². The van der Waals surface area contributed by atoms with Gasteiger partial charge in [-0.3, -0.25) is 9.59 Å². The Hall–Kier alpha value is -1.06. The normalized spacial score (nSPS) is 25.4. The van der Waals surface area contributed by atoms with Crippen LogP contribution in [0.4, 0.5) is 0 Å². The van der Waals surface area contributed by atoms with Crippen LogP contribution in [-0.4, -0.2) is 24.4 Å². The molecule has 4 nitrogen and oxygen atoms in total. The Labute approximate surface area is 186 Å². The lowest BCUT2D eigenvalue weighted by atomic mass is 9.62.